The Labute approximate surface area is 311 Å². The number of fused-ring (bicyclic) bond motifs is 1. The maximum absolute atomic E-state index is 14.6. The summed E-state index contributed by atoms with van der Waals surface area (Å²) in [5.41, 5.74) is 0.949. The van der Waals surface area contributed by atoms with E-state index in [9.17, 15) is 14.2 Å². The van der Waals surface area contributed by atoms with Crippen LogP contribution >= 0.6 is 7.60 Å². The van der Waals surface area contributed by atoms with Gasteiger partial charge in [0.15, 0.2) is 0 Å². The SMILES string of the molecule is COOC([C@H]1O[C@@H](n2cc(C)c(=O)[nH]c2=O)C[C@@H]1OP(C)(=O)OBC12CC(C)CCC1C2(C)C)C(c1ccccc1)(c1ccccc1)c1ccccc1. The maximum atomic E-state index is 14.6. The molecule has 5 unspecified atom stereocenters. The van der Waals surface area contributed by atoms with E-state index in [1.165, 1.54) is 31.0 Å². The first-order valence-electron chi connectivity index (χ1n) is 18.6. The van der Waals surface area contributed by atoms with E-state index >= 15 is 0 Å². The van der Waals surface area contributed by atoms with Crippen LogP contribution in [0.2, 0.25) is 5.31 Å². The highest BCUT2D eigenvalue weighted by molar-refractivity contribution is 7.54. The van der Waals surface area contributed by atoms with E-state index < -0.39 is 48.8 Å². The van der Waals surface area contributed by atoms with Crippen LogP contribution in [0.25, 0.3) is 0 Å². The molecule has 1 saturated heterocycles. The molecule has 53 heavy (non-hydrogen) atoms. The molecular weight excluding hydrogens is 690 g/mol. The highest BCUT2D eigenvalue weighted by Crippen LogP contribution is 2.81. The van der Waals surface area contributed by atoms with Gasteiger partial charge in [-0.05, 0) is 59.0 Å². The minimum atomic E-state index is -3.73. The molecule has 1 aromatic heterocycles. The second-order valence-corrected chi connectivity index (χ2v) is 17.9. The van der Waals surface area contributed by atoms with Crippen molar-refractivity contribution >= 4 is 15.1 Å². The molecule has 3 aromatic carbocycles. The van der Waals surface area contributed by atoms with Gasteiger partial charge in [0.05, 0.1) is 12.5 Å². The molecule has 1 aliphatic heterocycles. The molecule has 2 saturated carbocycles. The van der Waals surface area contributed by atoms with Gasteiger partial charge < -0.3 is 13.7 Å². The van der Waals surface area contributed by atoms with E-state index in [1.54, 1.807) is 6.92 Å². The van der Waals surface area contributed by atoms with Crippen LogP contribution in [0.1, 0.15) is 74.9 Å². The number of hydrogen-bond acceptors (Lipinski definition) is 8. The molecular formula is C41H50BN2O8P. The first-order chi connectivity index (χ1) is 25.3. The van der Waals surface area contributed by atoms with Crippen molar-refractivity contribution in [3.8, 4) is 0 Å². The van der Waals surface area contributed by atoms with Crippen LogP contribution in [-0.4, -0.2) is 49.1 Å². The van der Waals surface area contributed by atoms with Crippen molar-refractivity contribution in [3.05, 3.63) is 140 Å². The molecule has 2 aliphatic carbocycles. The Bertz CT molecular complexity index is 1960. The highest BCUT2D eigenvalue weighted by Gasteiger charge is 2.72. The van der Waals surface area contributed by atoms with Gasteiger partial charge in [-0.3, -0.25) is 18.9 Å². The Morgan fingerprint density at radius 3 is 2.06 bits per heavy atom. The van der Waals surface area contributed by atoms with Crippen LogP contribution in [-0.2, 0) is 33.5 Å². The predicted molar refractivity (Wildman–Crippen MR) is 205 cm³/mol. The summed E-state index contributed by atoms with van der Waals surface area (Å²) in [5.74, 6) is 1.08. The average molecular weight is 741 g/mol. The molecule has 8 atom stereocenters. The molecule has 0 radical (unpaired) electrons. The van der Waals surface area contributed by atoms with Gasteiger partial charge in [0.1, 0.15) is 24.5 Å². The second-order valence-electron chi connectivity index (χ2n) is 15.9. The van der Waals surface area contributed by atoms with Gasteiger partial charge in [0.25, 0.3) is 13.0 Å². The normalized spacial score (nSPS) is 28.1. The zero-order valence-corrected chi connectivity index (χ0v) is 32.3. The van der Waals surface area contributed by atoms with Crippen molar-refractivity contribution in [3.63, 3.8) is 0 Å². The predicted octanol–water partition coefficient (Wildman–Crippen LogP) is 7.32. The lowest BCUT2D eigenvalue weighted by Crippen LogP contribution is -2.53. The third-order valence-electron chi connectivity index (χ3n) is 12.5. The topological polar surface area (TPSA) is 118 Å². The fourth-order valence-electron chi connectivity index (χ4n) is 9.71. The summed E-state index contributed by atoms with van der Waals surface area (Å²) in [6, 6.07) is 29.9. The number of aromatic nitrogens is 2. The molecule has 0 amide bonds. The van der Waals surface area contributed by atoms with Crippen molar-refractivity contribution in [1.29, 1.82) is 0 Å². The molecule has 12 heteroatoms. The summed E-state index contributed by atoms with van der Waals surface area (Å²) >= 11 is 0. The number of ether oxygens (including phenoxy) is 1. The van der Waals surface area contributed by atoms with E-state index in [4.69, 9.17) is 23.5 Å². The molecule has 280 valence electrons. The van der Waals surface area contributed by atoms with Gasteiger partial charge in [0.2, 0.25) is 0 Å². The van der Waals surface area contributed by atoms with E-state index in [0.717, 1.165) is 29.5 Å². The largest absolute Gasteiger partial charge is 0.374 e. The number of hydrogen-bond donors (Lipinski definition) is 1. The van der Waals surface area contributed by atoms with Crippen LogP contribution < -0.4 is 11.2 Å². The first kappa shape index (κ1) is 37.7. The zero-order chi connectivity index (χ0) is 37.6. The zero-order valence-electron chi connectivity index (χ0n) is 31.4. The lowest BCUT2D eigenvalue weighted by molar-refractivity contribution is -0.335. The maximum Gasteiger partial charge on any atom is 0.330 e. The van der Waals surface area contributed by atoms with E-state index in [0.29, 0.717) is 24.9 Å². The van der Waals surface area contributed by atoms with Gasteiger partial charge in [-0.2, -0.15) is 0 Å². The van der Waals surface area contributed by atoms with Gasteiger partial charge in [-0.25, -0.2) is 14.6 Å². The fourth-order valence-corrected chi connectivity index (χ4v) is 10.9. The van der Waals surface area contributed by atoms with E-state index in [2.05, 4.69) is 25.8 Å². The summed E-state index contributed by atoms with van der Waals surface area (Å²) in [5, 5.41) is -0.0562. The van der Waals surface area contributed by atoms with Crippen molar-refractivity contribution < 1.29 is 28.0 Å². The lowest BCUT2D eigenvalue weighted by atomic mass is 9.63. The molecule has 2 heterocycles. The molecule has 0 bridgehead atoms. The number of rotatable bonds is 13. The minimum absolute atomic E-state index is 0.0562. The monoisotopic (exact) mass is 740 g/mol. The molecule has 4 aromatic rings. The van der Waals surface area contributed by atoms with Gasteiger partial charge >= 0.3 is 13.3 Å². The van der Waals surface area contributed by atoms with Crippen molar-refractivity contribution in [2.45, 2.75) is 88.6 Å². The summed E-state index contributed by atoms with van der Waals surface area (Å²) in [4.78, 5) is 40.1. The Hall–Kier alpha value is -3.57. The van der Waals surface area contributed by atoms with E-state index in [1.807, 2.05) is 91.0 Å². The number of nitrogens with one attached hydrogen (secondary N) is 1. The third kappa shape index (κ3) is 6.74. The number of benzene rings is 3. The Morgan fingerprint density at radius 1 is 0.943 bits per heavy atom. The van der Waals surface area contributed by atoms with Crippen LogP contribution in [0.4, 0.5) is 0 Å². The van der Waals surface area contributed by atoms with Gasteiger partial charge in [-0.1, -0.05) is 118 Å². The van der Waals surface area contributed by atoms with Crippen molar-refractivity contribution in [2.24, 2.45) is 17.3 Å². The Morgan fingerprint density at radius 2 is 1.51 bits per heavy atom. The van der Waals surface area contributed by atoms with Crippen LogP contribution in [0.3, 0.4) is 0 Å². The number of aromatic amines is 1. The molecule has 3 fully saturated rings. The fraction of sp³-hybridized carbons (Fsp3) is 0.463. The highest BCUT2D eigenvalue weighted by atomic mass is 31.2. The second kappa shape index (κ2) is 14.6. The third-order valence-corrected chi connectivity index (χ3v) is 13.7. The Kier molecular flexibility index (Phi) is 10.4. The number of aryl methyl sites for hydroxylation is 1. The van der Waals surface area contributed by atoms with Crippen molar-refractivity contribution in [2.75, 3.05) is 13.8 Å². The lowest BCUT2D eigenvalue weighted by Gasteiger charge is -2.44. The molecule has 1 N–H and O–H groups in total. The first-order valence-corrected chi connectivity index (χ1v) is 20.6. The minimum Gasteiger partial charge on any atom is -0.374 e. The number of H-pyrrole nitrogens is 1. The summed E-state index contributed by atoms with van der Waals surface area (Å²) < 4.78 is 35.8. The average Bonchev–Trinajstić information content (AvgIpc) is 3.38. The van der Waals surface area contributed by atoms with E-state index in [-0.39, 0.29) is 17.2 Å². The van der Waals surface area contributed by atoms with Gasteiger partial charge in [-0.15, -0.1) is 0 Å². The summed E-state index contributed by atoms with van der Waals surface area (Å²) in [6.07, 6.45) is 1.23. The van der Waals surface area contributed by atoms with Crippen molar-refractivity contribution in [1.82, 2.24) is 9.55 Å². The molecule has 3 aliphatic rings. The molecule has 0 spiro atoms. The van der Waals surface area contributed by atoms with Crippen LogP contribution in [0.5, 0.6) is 0 Å². The number of nitrogens with zero attached hydrogens (tertiary/aromatic N) is 1. The van der Waals surface area contributed by atoms with Crippen LogP contribution in [0, 0.1) is 24.2 Å². The standard InChI is InChI=1S/C41H50BN2O8P/c1-27-22-23-33-39(3,4)40(33,25-27)42-52-53(6,47)51-32-24-34(44-26-28(2)37(45)43-38(44)46)49-35(32)36(50-48-5)41(29-16-10-7-11-17-29,30-18-12-8-13-19-30)31-20-14-9-15-21-31/h7-21,26-27,32-36,42H,22-25H2,1-6H3,(H,43,45,46)/t27?,32-,33?,34+,35-,36?,40?,53?/m0/s1. The smallest absolute Gasteiger partial charge is 0.330 e. The molecule has 7 rings (SSSR count). The van der Waals surface area contributed by atoms with Gasteiger partial charge in [0, 0.05) is 24.8 Å². The summed E-state index contributed by atoms with van der Waals surface area (Å²) in [7, 11) is -1.95. The quantitative estimate of drug-likeness (QED) is 0.0498. The van der Waals surface area contributed by atoms with Crippen LogP contribution in [0.15, 0.2) is 107 Å². The Balaban J connectivity index is 1.34. The molecule has 10 nitrogen and oxygen atoms in total. The summed E-state index contributed by atoms with van der Waals surface area (Å²) in [6.45, 7) is 10.0.